The fourth-order valence-corrected chi connectivity index (χ4v) is 5.47. The molecule has 3 aromatic carbocycles. The first kappa shape index (κ1) is 46.2. The van der Waals surface area contributed by atoms with Crippen molar-refractivity contribution in [3.63, 3.8) is 0 Å². The largest absolute Gasteiger partial charge is 1.00 e. The second-order valence-corrected chi connectivity index (χ2v) is 11.5. The molecule has 208 valence electrons. The molecule has 0 saturated heterocycles. The van der Waals surface area contributed by atoms with Gasteiger partial charge in [-0.25, -0.2) is 16.8 Å². The Labute approximate surface area is 358 Å². The number of azo groups is 1. The van der Waals surface area contributed by atoms with Gasteiger partial charge in [-0.05, 0) is 41.8 Å². The van der Waals surface area contributed by atoms with E-state index in [1.165, 1.54) is 18.2 Å². The van der Waals surface area contributed by atoms with Crippen LogP contribution in [0.25, 0.3) is 10.8 Å². The normalized spacial score (nSPS) is 11.3. The van der Waals surface area contributed by atoms with Crippen molar-refractivity contribution < 1.29 is 201 Å². The third-order valence-electron chi connectivity index (χ3n) is 4.51. The maximum Gasteiger partial charge on any atom is 1.00 e. The first-order valence-electron chi connectivity index (χ1n) is 9.65. The van der Waals surface area contributed by atoms with Crippen LogP contribution < -0.4 is 156 Å². The van der Waals surface area contributed by atoms with E-state index in [1.807, 2.05) is 0 Å². The summed E-state index contributed by atoms with van der Waals surface area (Å²) in [6, 6.07) is 9.15. The zero-order valence-corrected chi connectivity index (χ0v) is 34.8. The Balaban J connectivity index is -0.00000320. The van der Waals surface area contributed by atoms with Gasteiger partial charge >= 0.3 is 140 Å². The molecule has 0 heterocycles. The van der Waals surface area contributed by atoms with Gasteiger partial charge in [-0.1, -0.05) is 6.07 Å². The van der Waals surface area contributed by atoms with Gasteiger partial charge in [0, 0.05) is 4.90 Å². The van der Waals surface area contributed by atoms with Crippen LogP contribution in [0.5, 0.6) is 5.75 Å². The number of benzene rings is 3. The minimum atomic E-state index is -5.09. The maximum atomic E-state index is 12.5. The molecule has 0 aliphatic rings. The van der Waals surface area contributed by atoms with Crippen molar-refractivity contribution in [3.05, 3.63) is 42.5 Å². The van der Waals surface area contributed by atoms with Crippen molar-refractivity contribution in [2.24, 2.45) is 10.2 Å². The second kappa shape index (κ2) is 21.8. The zero-order chi connectivity index (χ0) is 27.9. The Morgan fingerprint density at radius 2 is 1.57 bits per heavy atom. The van der Waals surface area contributed by atoms with Crippen LogP contribution in [0.4, 0.5) is 17.1 Å². The first-order chi connectivity index (χ1) is 17.9. The molecular weight excluding hydrogens is 703 g/mol. The van der Waals surface area contributed by atoms with Gasteiger partial charge in [0.1, 0.15) is 17.1 Å². The number of phenolic OH excluding ortho intramolecular Hbond substituents is 1. The minimum Gasteiger partial charge on any atom is -1.00 e. The Morgan fingerprint density at radius 3 is 2.19 bits per heavy atom. The van der Waals surface area contributed by atoms with Crippen LogP contribution in [0, 0.1) is 0 Å². The molecule has 16 nitrogen and oxygen atoms in total. The number of rotatable bonds is 13. The molecule has 0 atom stereocenters. The summed E-state index contributed by atoms with van der Waals surface area (Å²) in [5.41, 5.74) is 6.13. The van der Waals surface area contributed by atoms with Crippen LogP contribution >= 0.6 is 24.1 Å². The number of anilines is 1. The zero-order valence-electron chi connectivity index (χ0n) is 23.4. The van der Waals surface area contributed by atoms with Gasteiger partial charge in [-0.2, -0.15) is 8.67 Å². The first-order valence-corrected chi connectivity index (χ1v) is 14.1. The molecule has 0 amide bonds. The molecule has 24 heteroatoms. The number of hydrogen-bond acceptors (Lipinski definition) is 18. The third kappa shape index (κ3) is 14.0. The van der Waals surface area contributed by atoms with E-state index in [0.717, 1.165) is 12.1 Å². The molecule has 0 aliphatic heterocycles. The Hall–Kier alpha value is 2.04. The van der Waals surface area contributed by atoms with E-state index in [9.17, 15) is 37.0 Å². The molecular formula is C18H15KN3Na3O13S4. The van der Waals surface area contributed by atoms with Crippen molar-refractivity contribution in [2.75, 3.05) is 18.1 Å². The van der Waals surface area contributed by atoms with E-state index in [0.29, 0.717) is 34.4 Å². The van der Waals surface area contributed by atoms with Crippen molar-refractivity contribution in [1.29, 1.82) is 0 Å². The average Bonchev–Trinajstić information content (AvgIpc) is 2.85. The van der Waals surface area contributed by atoms with Crippen LogP contribution in [0.2, 0.25) is 0 Å². The van der Waals surface area contributed by atoms with Crippen LogP contribution in [-0.4, -0.2) is 38.9 Å². The molecule has 0 fully saturated rings. The van der Waals surface area contributed by atoms with Gasteiger partial charge < -0.3 is 27.3 Å². The SMILES string of the molecule is Nc1ccc2cc(SOO[O-])cc(O)c2c1N=Nc1ccc(S(=O)(=O)CCOS(=O)(=O)[O-])cc1SOO[O-].[H-].[K+].[Na+].[Na+].[Na+]. The topological polar surface area (TPSA) is 255 Å². The quantitative estimate of drug-likeness (QED) is 0.0243. The fraction of sp³-hybridized carbons (Fsp3) is 0.111. The van der Waals surface area contributed by atoms with Gasteiger partial charge in [-0.15, -0.1) is 10.2 Å². The second-order valence-electron chi connectivity index (χ2n) is 6.86. The molecule has 3 rings (SSSR count). The maximum absolute atomic E-state index is 12.5. The van der Waals surface area contributed by atoms with Crippen molar-refractivity contribution in [1.82, 2.24) is 0 Å². The van der Waals surface area contributed by atoms with Gasteiger partial charge in [-0.3, -0.25) is 14.3 Å². The number of nitrogen functional groups attached to an aromatic ring is 1. The Bertz CT molecular complexity index is 1580. The van der Waals surface area contributed by atoms with Gasteiger partial charge in [0.2, 0.25) is 10.4 Å². The van der Waals surface area contributed by atoms with E-state index < -0.39 is 32.6 Å². The van der Waals surface area contributed by atoms with E-state index in [1.54, 1.807) is 12.1 Å². The monoisotopic (exact) mass is 717 g/mol. The molecule has 0 aromatic heterocycles. The van der Waals surface area contributed by atoms with Crippen LogP contribution in [0.15, 0.2) is 67.4 Å². The van der Waals surface area contributed by atoms with E-state index in [4.69, 9.17) is 5.73 Å². The van der Waals surface area contributed by atoms with Crippen LogP contribution in [-0.2, 0) is 43.2 Å². The number of aromatic hydroxyl groups is 1. The number of nitrogens with zero attached hydrogens (tertiary/aromatic N) is 2. The number of fused-ring (bicyclic) bond motifs is 1. The van der Waals surface area contributed by atoms with Gasteiger partial charge in [0.15, 0.2) is 9.84 Å². The molecule has 3 N–H and O–H groups in total. The van der Waals surface area contributed by atoms with E-state index in [-0.39, 0.29) is 179 Å². The van der Waals surface area contributed by atoms with Crippen molar-refractivity contribution >= 4 is 72.2 Å². The summed E-state index contributed by atoms with van der Waals surface area (Å²) in [7, 11) is -9.24. The van der Waals surface area contributed by atoms with Gasteiger partial charge in [0.05, 0.1) is 57.3 Å². The summed E-state index contributed by atoms with van der Waals surface area (Å²) in [5, 5.41) is 46.2. The summed E-state index contributed by atoms with van der Waals surface area (Å²) in [4.78, 5) is -0.0986. The summed E-state index contributed by atoms with van der Waals surface area (Å²) >= 11 is 0.849. The number of nitrogens with two attached hydrogens (primary N) is 1. The van der Waals surface area contributed by atoms with E-state index in [2.05, 4.69) is 33.2 Å². The molecule has 0 spiro atoms. The number of hydrogen-bond donors (Lipinski definition) is 2. The average molecular weight is 718 g/mol. The van der Waals surface area contributed by atoms with Crippen molar-refractivity contribution in [2.45, 2.75) is 14.7 Å². The molecule has 0 saturated carbocycles. The number of sulfone groups is 1. The number of phenols is 1. The summed E-state index contributed by atoms with van der Waals surface area (Å²) < 4.78 is 69.1. The van der Waals surface area contributed by atoms with Gasteiger partial charge in [0.25, 0.3) is 0 Å². The summed E-state index contributed by atoms with van der Waals surface area (Å²) in [6.45, 7) is -0.918. The molecule has 0 bridgehead atoms. The molecule has 0 radical (unpaired) electrons. The summed E-state index contributed by atoms with van der Waals surface area (Å²) in [6.07, 6.45) is 0. The Morgan fingerprint density at radius 1 is 0.929 bits per heavy atom. The molecule has 42 heavy (non-hydrogen) atoms. The molecule has 0 unspecified atom stereocenters. The van der Waals surface area contributed by atoms with Crippen molar-refractivity contribution in [3.8, 4) is 5.75 Å². The minimum absolute atomic E-state index is 0. The predicted octanol–water partition coefficient (Wildman–Crippen LogP) is -10.6. The standard InChI is InChI=1S/C18H17N3O13S4.K.3Na.H/c19-13-3-1-10-7-11(35-33-31-23)8-15(22)17(10)18(13)21-20-14-4-2-12(9-16(14)36-34-32-24)37(25,26)6-5-30-38(27,28)29;;;;;/h1-4,7-9,22-24H,5-6,19H2,(H,27,28,29);;;;;/q;4*+1;-1/p-3. The Kier molecular flexibility index (Phi) is 24.0. The smallest absolute Gasteiger partial charge is 1.00 e. The molecule has 0 aliphatic carbocycles. The summed E-state index contributed by atoms with van der Waals surface area (Å²) in [5.74, 6) is -1.14. The van der Waals surface area contributed by atoms with E-state index >= 15 is 0 Å². The third-order valence-corrected chi connectivity index (χ3v) is 7.83. The molecule has 3 aromatic rings. The van der Waals surface area contributed by atoms with Crippen LogP contribution in [0.1, 0.15) is 1.43 Å². The van der Waals surface area contributed by atoms with Crippen LogP contribution in [0.3, 0.4) is 0 Å². The fourth-order valence-electron chi connectivity index (χ4n) is 2.98. The predicted molar refractivity (Wildman–Crippen MR) is 126 cm³/mol.